The van der Waals surface area contributed by atoms with Crippen molar-refractivity contribution in [3.8, 4) is 0 Å². The van der Waals surface area contributed by atoms with E-state index in [4.69, 9.17) is 23.2 Å². The standard InChI is InChI=1S/C24H25Cl2F3N2O3/c1-14(2)19(21(33)24(27,28)29)31-22(34)20(23(3)11-5-4-6-12-23)30-18(32)10-8-15-7-9-16(25)17(26)13-15/h4-11,13-14,19-20H,12H2,1-3H3,(H,30,32)(H,31,34)/b10-8+/t19-,20+,23?/m0/s1. The molecule has 0 spiro atoms. The molecule has 0 aliphatic heterocycles. The molecule has 3 atom stereocenters. The summed E-state index contributed by atoms with van der Waals surface area (Å²) in [5, 5.41) is 5.41. The Bertz CT molecular complexity index is 1030. The molecule has 0 saturated heterocycles. The highest BCUT2D eigenvalue weighted by Gasteiger charge is 2.46. The fourth-order valence-corrected chi connectivity index (χ4v) is 3.72. The fraction of sp³-hybridized carbons (Fsp3) is 0.375. The van der Waals surface area contributed by atoms with Gasteiger partial charge in [0.2, 0.25) is 11.8 Å². The van der Waals surface area contributed by atoms with Crippen molar-refractivity contribution in [3.05, 3.63) is 64.2 Å². The highest BCUT2D eigenvalue weighted by molar-refractivity contribution is 6.42. The molecule has 2 amide bonds. The number of carbonyl (C=O) groups is 3. The van der Waals surface area contributed by atoms with E-state index >= 15 is 0 Å². The maximum absolute atomic E-state index is 13.1. The van der Waals surface area contributed by atoms with Crippen molar-refractivity contribution in [2.75, 3.05) is 0 Å². The van der Waals surface area contributed by atoms with Gasteiger partial charge in [0.1, 0.15) is 6.04 Å². The topological polar surface area (TPSA) is 75.3 Å². The lowest BCUT2D eigenvalue weighted by Crippen LogP contribution is -2.59. The van der Waals surface area contributed by atoms with Gasteiger partial charge in [0.05, 0.1) is 16.1 Å². The number of nitrogens with one attached hydrogen (secondary N) is 2. The van der Waals surface area contributed by atoms with Crippen molar-refractivity contribution in [1.82, 2.24) is 10.6 Å². The molecule has 34 heavy (non-hydrogen) atoms. The molecule has 5 nitrogen and oxygen atoms in total. The minimum atomic E-state index is -5.11. The van der Waals surface area contributed by atoms with Crippen LogP contribution >= 0.6 is 23.2 Å². The second-order valence-corrected chi connectivity index (χ2v) is 9.35. The summed E-state index contributed by atoms with van der Waals surface area (Å²) in [5.74, 6) is -4.42. The minimum Gasteiger partial charge on any atom is -0.344 e. The third kappa shape index (κ3) is 7.21. The van der Waals surface area contributed by atoms with Crippen LogP contribution < -0.4 is 10.6 Å². The molecule has 1 aliphatic rings. The van der Waals surface area contributed by atoms with Crippen LogP contribution in [0.15, 0.2) is 48.6 Å². The van der Waals surface area contributed by atoms with Crippen molar-refractivity contribution < 1.29 is 27.6 Å². The molecule has 2 rings (SSSR count). The lowest BCUT2D eigenvalue weighted by atomic mass is 9.76. The second-order valence-electron chi connectivity index (χ2n) is 8.54. The average Bonchev–Trinajstić information content (AvgIpc) is 2.75. The van der Waals surface area contributed by atoms with Gasteiger partial charge in [-0.2, -0.15) is 13.2 Å². The number of ketones is 1. The Labute approximate surface area is 206 Å². The summed E-state index contributed by atoms with van der Waals surface area (Å²) < 4.78 is 39.1. The van der Waals surface area contributed by atoms with Crippen LogP contribution in [0.25, 0.3) is 6.08 Å². The first kappa shape index (κ1) is 27.7. The fourth-order valence-electron chi connectivity index (χ4n) is 3.41. The number of Topliss-reactive ketones (excluding diaryl/α,β-unsaturated/α-hetero) is 1. The molecule has 1 aromatic rings. The third-order valence-corrected chi connectivity index (χ3v) is 6.13. The van der Waals surface area contributed by atoms with Crippen molar-refractivity contribution >= 4 is 46.9 Å². The molecule has 0 bridgehead atoms. The number of hydrogen-bond acceptors (Lipinski definition) is 3. The molecule has 2 N–H and O–H groups in total. The highest BCUT2D eigenvalue weighted by atomic mass is 35.5. The Balaban J connectivity index is 2.28. The normalized spacial score (nSPS) is 19.8. The van der Waals surface area contributed by atoms with E-state index in [2.05, 4.69) is 10.6 Å². The summed E-state index contributed by atoms with van der Waals surface area (Å²) in [6, 6.07) is 1.70. The van der Waals surface area contributed by atoms with E-state index in [0.717, 1.165) is 0 Å². The smallest absolute Gasteiger partial charge is 0.344 e. The summed E-state index contributed by atoms with van der Waals surface area (Å²) in [5.41, 5.74) is -0.359. The first-order valence-electron chi connectivity index (χ1n) is 10.4. The molecule has 0 radical (unpaired) electrons. The number of rotatable bonds is 8. The zero-order valence-corrected chi connectivity index (χ0v) is 20.3. The van der Waals surface area contributed by atoms with Gasteiger partial charge in [-0.05, 0) is 36.1 Å². The number of hydrogen-bond donors (Lipinski definition) is 2. The van der Waals surface area contributed by atoms with Gasteiger partial charge in [0, 0.05) is 11.5 Å². The van der Waals surface area contributed by atoms with Crippen LogP contribution in [0.2, 0.25) is 10.0 Å². The van der Waals surface area contributed by atoms with Crippen molar-refractivity contribution in [1.29, 1.82) is 0 Å². The van der Waals surface area contributed by atoms with Gasteiger partial charge in [-0.15, -0.1) is 0 Å². The Morgan fingerprint density at radius 2 is 1.76 bits per heavy atom. The van der Waals surface area contributed by atoms with E-state index in [1.807, 2.05) is 0 Å². The lowest BCUT2D eigenvalue weighted by Gasteiger charge is -2.36. The summed E-state index contributed by atoms with van der Waals surface area (Å²) in [4.78, 5) is 37.7. The van der Waals surface area contributed by atoms with Crippen LogP contribution in [0.4, 0.5) is 13.2 Å². The Hall–Kier alpha value is -2.58. The predicted octanol–water partition coefficient (Wildman–Crippen LogP) is 5.29. The Morgan fingerprint density at radius 3 is 2.29 bits per heavy atom. The van der Waals surface area contributed by atoms with Crippen LogP contribution in [-0.2, 0) is 14.4 Å². The second kappa shape index (κ2) is 11.2. The molecule has 10 heteroatoms. The third-order valence-electron chi connectivity index (χ3n) is 5.39. The number of allylic oxidation sites excluding steroid dienone is 3. The summed E-state index contributed by atoms with van der Waals surface area (Å²) >= 11 is 11.8. The minimum absolute atomic E-state index is 0.294. The van der Waals surface area contributed by atoms with E-state index < -0.39 is 47.2 Å². The van der Waals surface area contributed by atoms with Crippen molar-refractivity contribution in [2.45, 2.75) is 45.5 Å². The van der Waals surface area contributed by atoms with Gasteiger partial charge < -0.3 is 10.6 Å². The molecule has 1 aliphatic carbocycles. The predicted molar refractivity (Wildman–Crippen MR) is 126 cm³/mol. The Morgan fingerprint density at radius 1 is 1.09 bits per heavy atom. The van der Waals surface area contributed by atoms with E-state index in [1.54, 1.807) is 49.4 Å². The highest BCUT2D eigenvalue weighted by Crippen LogP contribution is 2.32. The largest absolute Gasteiger partial charge is 0.452 e. The van der Waals surface area contributed by atoms with E-state index in [-0.39, 0.29) is 0 Å². The molecule has 0 aromatic heterocycles. The first-order valence-corrected chi connectivity index (χ1v) is 11.2. The monoisotopic (exact) mass is 516 g/mol. The van der Waals surface area contributed by atoms with E-state index in [0.29, 0.717) is 22.0 Å². The van der Waals surface area contributed by atoms with Gasteiger partial charge in [-0.25, -0.2) is 0 Å². The number of halogens is 5. The number of benzene rings is 1. The van der Waals surface area contributed by atoms with E-state index in [1.165, 1.54) is 26.0 Å². The van der Waals surface area contributed by atoms with Gasteiger partial charge in [0.15, 0.2) is 0 Å². The van der Waals surface area contributed by atoms with Crippen LogP contribution in [0.3, 0.4) is 0 Å². The molecule has 1 unspecified atom stereocenters. The zero-order valence-electron chi connectivity index (χ0n) is 18.7. The van der Waals surface area contributed by atoms with Crippen LogP contribution in [0, 0.1) is 11.3 Å². The molecule has 0 fully saturated rings. The Kier molecular flexibility index (Phi) is 9.14. The molecular weight excluding hydrogens is 492 g/mol. The van der Waals surface area contributed by atoms with Crippen LogP contribution in [0.5, 0.6) is 0 Å². The maximum Gasteiger partial charge on any atom is 0.452 e. The van der Waals surface area contributed by atoms with E-state index in [9.17, 15) is 27.6 Å². The van der Waals surface area contributed by atoms with Crippen molar-refractivity contribution in [2.24, 2.45) is 11.3 Å². The quantitative estimate of drug-likeness (QED) is 0.461. The molecule has 0 saturated carbocycles. The number of amides is 2. The van der Waals surface area contributed by atoms with Gasteiger partial charge >= 0.3 is 6.18 Å². The zero-order chi connectivity index (χ0) is 25.7. The van der Waals surface area contributed by atoms with Crippen LogP contribution in [0.1, 0.15) is 32.8 Å². The maximum atomic E-state index is 13.1. The SMILES string of the molecule is CC(C)[C@H](NC(=O)[C@@H](NC(=O)/C=C/c1ccc(Cl)c(Cl)c1)C1(C)C=CC=CC1)C(=O)C(F)(F)F. The molecule has 0 heterocycles. The summed E-state index contributed by atoms with van der Waals surface area (Å²) in [6.45, 7) is 4.48. The van der Waals surface area contributed by atoms with Gasteiger partial charge in [-0.1, -0.05) is 74.3 Å². The van der Waals surface area contributed by atoms with Crippen LogP contribution in [-0.4, -0.2) is 35.9 Å². The van der Waals surface area contributed by atoms with Gasteiger partial charge in [-0.3, -0.25) is 14.4 Å². The average molecular weight is 517 g/mol. The number of alkyl halides is 3. The molecule has 1 aromatic carbocycles. The summed E-state index contributed by atoms with van der Waals surface area (Å²) in [6.07, 6.45) is 4.77. The summed E-state index contributed by atoms with van der Waals surface area (Å²) in [7, 11) is 0. The number of carbonyl (C=O) groups excluding carboxylic acids is 3. The molecule has 184 valence electrons. The first-order chi connectivity index (χ1) is 15.7. The van der Waals surface area contributed by atoms with Crippen molar-refractivity contribution in [3.63, 3.8) is 0 Å². The van der Waals surface area contributed by atoms with Gasteiger partial charge in [0.25, 0.3) is 5.78 Å². The lowest BCUT2D eigenvalue weighted by molar-refractivity contribution is -0.175. The molecular formula is C24H25Cl2F3N2O3.